The molecule has 0 amide bonds. The lowest BCUT2D eigenvalue weighted by atomic mass is 10.1. The summed E-state index contributed by atoms with van der Waals surface area (Å²) in [4.78, 5) is 0. The number of aliphatic hydroxyl groups is 2. The monoisotopic (exact) mass is 187 g/mol. The molecule has 0 aromatic heterocycles. The summed E-state index contributed by atoms with van der Waals surface area (Å²) in [7, 11) is 0. The van der Waals surface area contributed by atoms with Crippen LogP contribution < -0.4 is 5.32 Å². The Kier molecular flexibility index (Phi) is 7.99. The fraction of sp³-hybridized carbons (Fsp3) is 0.800. The van der Waals surface area contributed by atoms with Crippen LogP contribution in [0.5, 0.6) is 0 Å². The van der Waals surface area contributed by atoms with E-state index < -0.39 is 0 Å². The Labute approximate surface area is 80.5 Å². The van der Waals surface area contributed by atoms with Gasteiger partial charge in [-0.05, 0) is 19.3 Å². The third-order valence-corrected chi connectivity index (χ3v) is 2.12. The van der Waals surface area contributed by atoms with Gasteiger partial charge in [-0.1, -0.05) is 13.0 Å². The van der Waals surface area contributed by atoms with Gasteiger partial charge in [0.05, 0.1) is 19.3 Å². The molecule has 13 heavy (non-hydrogen) atoms. The van der Waals surface area contributed by atoms with Gasteiger partial charge >= 0.3 is 0 Å². The SMILES string of the molecule is C=CCCC(CC)NC(CO)CO. The predicted octanol–water partition coefficient (Wildman–Crippen LogP) is 0.674. The highest BCUT2D eigenvalue weighted by atomic mass is 16.3. The van der Waals surface area contributed by atoms with Gasteiger partial charge in [0.25, 0.3) is 0 Å². The summed E-state index contributed by atoms with van der Waals surface area (Å²) in [5.41, 5.74) is 0. The van der Waals surface area contributed by atoms with Crippen LogP contribution in [-0.4, -0.2) is 35.5 Å². The minimum atomic E-state index is -0.185. The molecular weight excluding hydrogens is 166 g/mol. The van der Waals surface area contributed by atoms with E-state index in [2.05, 4.69) is 18.8 Å². The van der Waals surface area contributed by atoms with E-state index in [-0.39, 0.29) is 19.3 Å². The summed E-state index contributed by atoms with van der Waals surface area (Å²) in [6.07, 6.45) is 4.87. The van der Waals surface area contributed by atoms with Gasteiger partial charge in [0.15, 0.2) is 0 Å². The first kappa shape index (κ1) is 12.6. The second-order valence-corrected chi connectivity index (χ2v) is 3.20. The molecule has 78 valence electrons. The third kappa shape index (κ3) is 5.80. The lowest BCUT2D eigenvalue weighted by Crippen LogP contribution is -2.42. The zero-order valence-corrected chi connectivity index (χ0v) is 8.37. The molecule has 0 heterocycles. The average molecular weight is 187 g/mol. The lowest BCUT2D eigenvalue weighted by Gasteiger charge is -2.21. The van der Waals surface area contributed by atoms with E-state index in [0.717, 1.165) is 19.3 Å². The minimum Gasteiger partial charge on any atom is -0.395 e. The molecule has 0 aliphatic rings. The van der Waals surface area contributed by atoms with E-state index in [1.807, 2.05) is 6.08 Å². The van der Waals surface area contributed by atoms with Crippen molar-refractivity contribution in [3.8, 4) is 0 Å². The van der Waals surface area contributed by atoms with E-state index in [4.69, 9.17) is 10.2 Å². The van der Waals surface area contributed by atoms with Crippen LogP contribution >= 0.6 is 0 Å². The topological polar surface area (TPSA) is 52.5 Å². The Bertz CT molecular complexity index is 124. The van der Waals surface area contributed by atoms with Crippen molar-refractivity contribution in [1.82, 2.24) is 5.32 Å². The molecule has 0 aliphatic carbocycles. The number of aliphatic hydroxyl groups excluding tert-OH is 2. The van der Waals surface area contributed by atoms with E-state index in [0.29, 0.717) is 6.04 Å². The van der Waals surface area contributed by atoms with Gasteiger partial charge in [-0.2, -0.15) is 0 Å². The molecule has 1 unspecified atom stereocenters. The van der Waals surface area contributed by atoms with Gasteiger partial charge in [0.1, 0.15) is 0 Å². The smallest absolute Gasteiger partial charge is 0.0607 e. The standard InChI is InChI=1S/C10H21NO2/c1-3-5-6-9(4-2)11-10(7-12)8-13/h3,9-13H,1,4-8H2,2H3. The van der Waals surface area contributed by atoms with Crippen LogP contribution in [0.15, 0.2) is 12.7 Å². The van der Waals surface area contributed by atoms with Gasteiger partial charge < -0.3 is 15.5 Å². The maximum Gasteiger partial charge on any atom is 0.0607 e. The van der Waals surface area contributed by atoms with Crippen LogP contribution in [0.25, 0.3) is 0 Å². The zero-order valence-electron chi connectivity index (χ0n) is 8.37. The van der Waals surface area contributed by atoms with Gasteiger partial charge in [0, 0.05) is 6.04 Å². The predicted molar refractivity (Wildman–Crippen MR) is 54.6 cm³/mol. The third-order valence-electron chi connectivity index (χ3n) is 2.12. The van der Waals surface area contributed by atoms with Crippen LogP contribution in [0, 0.1) is 0 Å². The first-order chi connectivity index (χ1) is 6.28. The van der Waals surface area contributed by atoms with Crippen molar-refractivity contribution >= 4 is 0 Å². The fourth-order valence-corrected chi connectivity index (χ4v) is 1.22. The summed E-state index contributed by atoms with van der Waals surface area (Å²) in [6, 6.07) is 0.178. The van der Waals surface area contributed by atoms with Gasteiger partial charge in [-0.25, -0.2) is 0 Å². The van der Waals surface area contributed by atoms with E-state index in [9.17, 15) is 0 Å². The Morgan fingerprint density at radius 3 is 2.31 bits per heavy atom. The molecule has 0 aromatic rings. The first-order valence-corrected chi connectivity index (χ1v) is 4.87. The van der Waals surface area contributed by atoms with Gasteiger partial charge in [-0.3, -0.25) is 0 Å². The molecule has 3 N–H and O–H groups in total. The van der Waals surface area contributed by atoms with Crippen LogP contribution in [0.1, 0.15) is 26.2 Å². The summed E-state index contributed by atoms with van der Waals surface area (Å²) >= 11 is 0. The molecule has 1 atom stereocenters. The van der Waals surface area contributed by atoms with Crippen molar-refractivity contribution in [2.75, 3.05) is 13.2 Å². The van der Waals surface area contributed by atoms with E-state index in [1.54, 1.807) is 0 Å². The van der Waals surface area contributed by atoms with Crippen molar-refractivity contribution in [1.29, 1.82) is 0 Å². The number of rotatable bonds is 8. The molecule has 0 rings (SSSR count). The molecule has 0 aromatic carbocycles. The highest BCUT2D eigenvalue weighted by Crippen LogP contribution is 2.03. The summed E-state index contributed by atoms with van der Waals surface area (Å²) < 4.78 is 0. The Morgan fingerprint density at radius 2 is 1.92 bits per heavy atom. The van der Waals surface area contributed by atoms with Crippen molar-refractivity contribution < 1.29 is 10.2 Å². The molecule has 0 radical (unpaired) electrons. The maximum absolute atomic E-state index is 8.85. The van der Waals surface area contributed by atoms with Gasteiger partial charge in [0.2, 0.25) is 0 Å². The lowest BCUT2D eigenvalue weighted by molar-refractivity contribution is 0.159. The summed E-state index contributed by atoms with van der Waals surface area (Å²) in [5, 5.41) is 20.9. The Balaban J connectivity index is 3.73. The average Bonchev–Trinajstić information content (AvgIpc) is 2.19. The molecule has 3 nitrogen and oxygen atoms in total. The van der Waals surface area contributed by atoms with Crippen LogP contribution in [-0.2, 0) is 0 Å². The maximum atomic E-state index is 8.85. The van der Waals surface area contributed by atoms with Crippen LogP contribution in [0.2, 0.25) is 0 Å². The molecule has 0 aliphatic heterocycles. The van der Waals surface area contributed by atoms with Crippen LogP contribution in [0.3, 0.4) is 0 Å². The molecular formula is C10H21NO2. The molecule has 0 bridgehead atoms. The highest BCUT2D eigenvalue weighted by Gasteiger charge is 2.11. The molecule has 0 saturated heterocycles. The Hall–Kier alpha value is -0.380. The molecule has 0 saturated carbocycles. The van der Waals surface area contributed by atoms with Gasteiger partial charge in [-0.15, -0.1) is 6.58 Å². The van der Waals surface area contributed by atoms with Crippen LogP contribution in [0.4, 0.5) is 0 Å². The van der Waals surface area contributed by atoms with Crippen molar-refractivity contribution in [3.05, 3.63) is 12.7 Å². The second kappa shape index (κ2) is 8.23. The minimum absolute atomic E-state index is 0.0128. The largest absolute Gasteiger partial charge is 0.395 e. The van der Waals surface area contributed by atoms with Crippen molar-refractivity contribution in [2.24, 2.45) is 0 Å². The number of nitrogens with one attached hydrogen (secondary N) is 1. The molecule has 0 fully saturated rings. The fourth-order valence-electron chi connectivity index (χ4n) is 1.22. The van der Waals surface area contributed by atoms with Crippen molar-refractivity contribution in [2.45, 2.75) is 38.3 Å². The van der Waals surface area contributed by atoms with E-state index >= 15 is 0 Å². The molecule has 3 heteroatoms. The normalized spacial score (nSPS) is 13.2. The number of hydrogen-bond donors (Lipinski definition) is 3. The number of hydrogen-bond acceptors (Lipinski definition) is 3. The quantitative estimate of drug-likeness (QED) is 0.490. The highest BCUT2D eigenvalue weighted by molar-refractivity contribution is 4.76. The summed E-state index contributed by atoms with van der Waals surface area (Å²) in [5.74, 6) is 0. The van der Waals surface area contributed by atoms with Crippen molar-refractivity contribution in [3.63, 3.8) is 0 Å². The summed E-state index contributed by atoms with van der Waals surface area (Å²) in [6.45, 7) is 5.72. The zero-order chi connectivity index (χ0) is 10.1. The van der Waals surface area contributed by atoms with E-state index in [1.165, 1.54) is 0 Å². The second-order valence-electron chi connectivity index (χ2n) is 3.20. The first-order valence-electron chi connectivity index (χ1n) is 4.87. The molecule has 0 spiro atoms. The number of allylic oxidation sites excluding steroid dienone is 1. The Morgan fingerprint density at radius 1 is 1.31 bits per heavy atom.